The van der Waals surface area contributed by atoms with E-state index in [0.29, 0.717) is 17.7 Å². The molecule has 0 saturated heterocycles. The predicted octanol–water partition coefficient (Wildman–Crippen LogP) is 5.67. The summed E-state index contributed by atoms with van der Waals surface area (Å²) >= 11 is 0. The highest BCUT2D eigenvalue weighted by Crippen LogP contribution is 2.33. The van der Waals surface area contributed by atoms with Crippen LogP contribution >= 0.6 is 0 Å². The maximum atomic E-state index is 12.9. The Hall–Kier alpha value is -2.10. The lowest BCUT2D eigenvalue weighted by atomic mass is 9.98. The van der Waals surface area contributed by atoms with E-state index < -0.39 is 11.7 Å². The second-order valence-electron chi connectivity index (χ2n) is 5.05. The van der Waals surface area contributed by atoms with Crippen molar-refractivity contribution in [2.45, 2.75) is 32.4 Å². The smallest absolute Gasteiger partial charge is 0.256 e. The molecule has 0 unspecified atom stereocenters. The Bertz CT molecular complexity index is 631. The average molecular weight is 305 g/mol. The highest BCUT2D eigenvalue weighted by Gasteiger charge is 2.31. The number of unbranched alkanes of at least 4 members (excludes halogenated alkanes) is 1. The van der Waals surface area contributed by atoms with Crippen molar-refractivity contribution in [2.24, 2.45) is 0 Å². The number of aromatic nitrogens is 1. The third-order valence-electron chi connectivity index (χ3n) is 3.34. The van der Waals surface area contributed by atoms with Gasteiger partial charge in [-0.15, -0.1) is 0 Å². The number of hydrogen-bond acceptors (Lipinski definition) is 1. The standard InChI is InChI=1S/C18H18F3N/c1-2-3-4-5-8-14-10-11-15(18(19,20)21)13-16(14)17-9-6-7-12-22-17/h4-7,9-13H,2-3,8H2,1H3/b5-4+. The van der Waals surface area contributed by atoms with Crippen LogP contribution < -0.4 is 0 Å². The van der Waals surface area contributed by atoms with Gasteiger partial charge in [0.15, 0.2) is 0 Å². The van der Waals surface area contributed by atoms with Crippen LogP contribution in [0.5, 0.6) is 0 Å². The Balaban J connectivity index is 2.40. The van der Waals surface area contributed by atoms with Gasteiger partial charge in [-0.05, 0) is 42.7 Å². The molecule has 1 aromatic heterocycles. The minimum Gasteiger partial charge on any atom is -0.256 e. The van der Waals surface area contributed by atoms with E-state index in [2.05, 4.69) is 18.0 Å². The van der Waals surface area contributed by atoms with Crippen molar-refractivity contribution < 1.29 is 13.2 Å². The molecule has 0 amide bonds. The molecule has 0 spiro atoms. The van der Waals surface area contributed by atoms with Crippen molar-refractivity contribution in [1.82, 2.24) is 4.98 Å². The molecule has 0 radical (unpaired) electrons. The highest BCUT2D eigenvalue weighted by molar-refractivity contribution is 5.65. The molecule has 0 aliphatic rings. The monoisotopic (exact) mass is 305 g/mol. The largest absolute Gasteiger partial charge is 0.416 e. The second-order valence-corrected chi connectivity index (χ2v) is 5.05. The first-order valence-corrected chi connectivity index (χ1v) is 7.29. The third kappa shape index (κ3) is 4.20. The lowest BCUT2D eigenvalue weighted by Gasteiger charge is -2.12. The molecule has 2 rings (SSSR count). The minimum atomic E-state index is -4.35. The summed E-state index contributed by atoms with van der Waals surface area (Å²) in [6.45, 7) is 2.09. The predicted molar refractivity (Wildman–Crippen MR) is 82.4 cm³/mol. The van der Waals surface area contributed by atoms with Crippen molar-refractivity contribution in [3.05, 3.63) is 65.9 Å². The summed E-state index contributed by atoms with van der Waals surface area (Å²) in [7, 11) is 0. The summed E-state index contributed by atoms with van der Waals surface area (Å²) in [4.78, 5) is 4.19. The Morgan fingerprint density at radius 3 is 2.55 bits per heavy atom. The van der Waals surface area contributed by atoms with Crippen LogP contribution in [0.1, 0.15) is 30.9 Å². The molecular formula is C18H18F3N. The quantitative estimate of drug-likeness (QED) is 0.649. The van der Waals surface area contributed by atoms with E-state index in [-0.39, 0.29) is 0 Å². The Labute approximate surface area is 128 Å². The normalized spacial score (nSPS) is 12.0. The van der Waals surface area contributed by atoms with Crippen molar-refractivity contribution >= 4 is 0 Å². The third-order valence-corrected chi connectivity index (χ3v) is 3.34. The Morgan fingerprint density at radius 1 is 1.09 bits per heavy atom. The van der Waals surface area contributed by atoms with Gasteiger partial charge in [0.25, 0.3) is 0 Å². The zero-order valence-electron chi connectivity index (χ0n) is 12.4. The SMILES string of the molecule is CCC/C=C/Cc1ccc(C(F)(F)F)cc1-c1ccccn1. The Kier molecular flexibility index (Phi) is 5.36. The van der Waals surface area contributed by atoms with Crippen LogP contribution in [0.25, 0.3) is 11.3 Å². The van der Waals surface area contributed by atoms with Crippen LogP contribution in [0, 0.1) is 0 Å². The van der Waals surface area contributed by atoms with Gasteiger partial charge in [0.1, 0.15) is 0 Å². The van der Waals surface area contributed by atoms with E-state index in [1.54, 1.807) is 30.5 Å². The summed E-state index contributed by atoms with van der Waals surface area (Å²) < 4.78 is 38.8. The van der Waals surface area contributed by atoms with Gasteiger partial charge >= 0.3 is 6.18 Å². The van der Waals surface area contributed by atoms with Crippen LogP contribution in [0.4, 0.5) is 13.2 Å². The molecule has 0 bridgehead atoms. The van der Waals surface area contributed by atoms with Gasteiger partial charge in [-0.25, -0.2) is 0 Å². The van der Waals surface area contributed by atoms with Crippen molar-refractivity contribution in [1.29, 1.82) is 0 Å². The number of benzene rings is 1. The first-order valence-electron chi connectivity index (χ1n) is 7.29. The maximum absolute atomic E-state index is 12.9. The maximum Gasteiger partial charge on any atom is 0.416 e. The van der Waals surface area contributed by atoms with E-state index in [1.165, 1.54) is 6.07 Å². The number of halogens is 3. The number of alkyl halides is 3. The number of nitrogens with zero attached hydrogens (tertiary/aromatic N) is 1. The summed E-state index contributed by atoms with van der Waals surface area (Å²) in [5.41, 5.74) is 1.30. The summed E-state index contributed by atoms with van der Waals surface area (Å²) in [6, 6.07) is 9.12. The van der Waals surface area contributed by atoms with Gasteiger partial charge in [0, 0.05) is 11.8 Å². The van der Waals surface area contributed by atoms with Gasteiger partial charge in [-0.3, -0.25) is 4.98 Å². The first kappa shape index (κ1) is 16.3. The molecule has 0 saturated carbocycles. The molecule has 116 valence electrons. The van der Waals surface area contributed by atoms with Gasteiger partial charge in [-0.1, -0.05) is 37.6 Å². The molecule has 1 nitrogen and oxygen atoms in total. The van der Waals surface area contributed by atoms with Gasteiger partial charge in [0.2, 0.25) is 0 Å². The fourth-order valence-electron chi connectivity index (χ4n) is 2.19. The van der Waals surface area contributed by atoms with Crippen molar-refractivity contribution in [3.8, 4) is 11.3 Å². The number of allylic oxidation sites excluding steroid dienone is 2. The van der Waals surface area contributed by atoms with Crippen molar-refractivity contribution in [2.75, 3.05) is 0 Å². The lowest BCUT2D eigenvalue weighted by molar-refractivity contribution is -0.137. The molecule has 1 aromatic carbocycles. The molecule has 22 heavy (non-hydrogen) atoms. The molecule has 0 N–H and O–H groups in total. The van der Waals surface area contributed by atoms with E-state index in [9.17, 15) is 13.2 Å². The fourth-order valence-corrected chi connectivity index (χ4v) is 2.19. The first-order chi connectivity index (χ1) is 10.5. The molecule has 0 aliphatic carbocycles. The van der Waals surface area contributed by atoms with Crippen LogP contribution in [-0.2, 0) is 12.6 Å². The molecule has 0 fully saturated rings. The van der Waals surface area contributed by atoms with E-state index in [4.69, 9.17) is 0 Å². The molecule has 0 aliphatic heterocycles. The number of pyridine rings is 1. The number of rotatable bonds is 5. The molecule has 1 heterocycles. The van der Waals surface area contributed by atoms with Gasteiger partial charge < -0.3 is 0 Å². The summed E-state index contributed by atoms with van der Waals surface area (Å²) in [5.74, 6) is 0. The molecule has 4 heteroatoms. The van der Waals surface area contributed by atoms with E-state index in [0.717, 1.165) is 24.5 Å². The fraction of sp³-hybridized carbons (Fsp3) is 0.278. The Morgan fingerprint density at radius 2 is 1.91 bits per heavy atom. The van der Waals surface area contributed by atoms with Crippen LogP contribution in [0.3, 0.4) is 0 Å². The highest BCUT2D eigenvalue weighted by atomic mass is 19.4. The van der Waals surface area contributed by atoms with Crippen molar-refractivity contribution in [3.63, 3.8) is 0 Å². The molecular weight excluding hydrogens is 287 g/mol. The van der Waals surface area contributed by atoms with Gasteiger partial charge in [-0.2, -0.15) is 13.2 Å². The lowest BCUT2D eigenvalue weighted by Crippen LogP contribution is -2.06. The summed E-state index contributed by atoms with van der Waals surface area (Å²) in [5, 5.41) is 0. The van der Waals surface area contributed by atoms with Gasteiger partial charge in [0.05, 0.1) is 11.3 Å². The molecule has 2 aromatic rings. The zero-order valence-corrected chi connectivity index (χ0v) is 12.4. The number of hydrogen-bond donors (Lipinski definition) is 0. The molecule has 0 atom stereocenters. The van der Waals surface area contributed by atoms with Crippen LogP contribution in [0.15, 0.2) is 54.7 Å². The van der Waals surface area contributed by atoms with E-state index in [1.807, 2.05) is 6.08 Å². The van der Waals surface area contributed by atoms with Crippen LogP contribution in [0.2, 0.25) is 0 Å². The zero-order chi connectivity index (χ0) is 16.0. The average Bonchev–Trinajstić information content (AvgIpc) is 2.51. The van der Waals surface area contributed by atoms with Crippen LogP contribution in [-0.4, -0.2) is 4.98 Å². The second kappa shape index (κ2) is 7.25. The topological polar surface area (TPSA) is 12.9 Å². The summed E-state index contributed by atoms with van der Waals surface area (Å²) in [6.07, 6.45) is 3.92. The van der Waals surface area contributed by atoms with E-state index >= 15 is 0 Å². The minimum absolute atomic E-state index is 0.538.